The van der Waals surface area contributed by atoms with E-state index in [9.17, 15) is 8.42 Å². The van der Waals surface area contributed by atoms with E-state index in [1.807, 2.05) is 0 Å². The first kappa shape index (κ1) is 15.1. The van der Waals surface area contributed by atoms with Gasteiger partial charge in [-0.2, -0.15) is 0 Å². The van der Waals surface area contributed by atoms with E-state index in [0.29, 0.717) is 21.9 Å². The highest BCUT2D eigenvalue weighted by atomic mass is 35.5. The average Bonchev–Trinajstić information content (AvgIpc) is 3.18. The fourth-order valence-electron chi connectivity index (χ4n) is 2.45. The zero-order chi connectivity index (χ0) is 16.7. The van der Waals surface area contributed by atoms with Crippen LogP contribution in [0.1, 0.15) is 5.82 Å². The minimum Gasteiger partial charge on any atom is -0.345 e. The molecule has 2 heterocycles. The number of sulfonamides is 1. The number of H-pyrrole nitrogens is 2. The summed E-state index contributed by atoms with van der Waals surface area (Å²) in [7, 11) is -3.66. The number of fused-ring (bicyclic) bond motifs is 2. The van der Waals surface area contributed by atoms with Crippen molar-refractivity contribution in [3.05, 3.63) is 53.6 Å². The smallest absolute Gasteiger partial charge is 0.241 e. The number of hydrogen-bond donors (Lipinski definition) is 3. The number of nitrogens with one attached hydrogen (secondary N) is 3. The Hall–Kier alpha value is -2.42. The van der Waals surface area contributed by atoms with Crippen LogP contribution in [0.15, 0.2) is 47.6 Å². The summed E-state index contributed by atoms with van der Waals surface area (Å²) < 4.78 is 27.4. The molecule has 0 radical (unpaired) electrons. The Morgan fingerprint density at radius 2 is 1.92 bits per heavy atom. The molecule has 7 nitrogen and oxygen atoms in total. The Morgan fingerprint density at radius 3 is 2.79 bits per heavy atom. The standard InChI is InChI=1S/C15H12ClN5O2S/c16-9-1-3-12-14(5-9)21-15(20-12)7-19-24(22,23)10-2-4-11-13(6-10)18-8-17-11/h1-6,8,19H,7H2,(H,17,18)(H,20,21). The van der Waals surface area contributed by atoms with E-state index in [1.165, 1.54) is 12.4 Å². The average molecular weight is 362 g/mol. The van der Waals surface area contributed by atoms with Gasteiger partial charge in [0.05, 0.1) is 39.8 Å². The molecular formula is C15H12ClN5O2S. The lowest BCUT2D eigenvalue weighted by Gasteiger charge is -2.05. The minimum absolute atomic E-state index is 0.0512. The summed E-state index contributed by atoms with van der Waals surface area (Å²) >= 11 is 5.93. The fourth-order valence-corrected chi connectivity index (χ4v) is 3.63. The predicted molar refractivity (Wildman–Crippen MR) is 91.2 cm³/mol. The molecule has 0 aliphatic carbocycles. The summed E-state index contributed by atoms with van der Waals surface area (Å²) in [5.74, 6) is 0.512. The molecule has 0 atom stereocenters. The van der Waals surface area contributed by atoms with Gasteiger partial charge < -0.3 is 9.97 Å². The molecule has 0 unspecified atom stereocenters. The number of rotatable bonds is 4. The highest BCUT2D eigenvalue weighted by molar-refractivity contribution is 7.89. The van der Waals surface area contributed by atoms with E-state index >= 15 is 0 Å². The van der Waals surface area contributed by atoms with Crippen molar-refractivity contribution in [1.82, 2.24) is 24.7 Å². The van der Waals surface area contributed by atoms with E-state index in [-0.39, 0.29) is 11.4 Å². The molecule has 4 aromatic rings. The molecule has 0 spiro atoms. The molecule has 3 N–H and O–H groups in total. The summed E-state index contributed by atoms with van der Waals surface area (Å²) in [6, 6.07) is 9.97. The van der Waals surface area contributed by atoms with Gasteiger partial charge in [0.1, 0.15) is 5.82 Å². The maximum Gasteiger partial charge on any atom is 0.241 e. The molecule has 0 aliphatic heterocycles. The molecule has 0 saturated heterocycles. The lowest BCUT2D eigenvalue weighted by Crippen LogP contribution is -2.23. The topological polar surface area (TPSA) is 104 Å². The third kappa shape index (κ3) is 2.75. The van der Waals surface area contributed by atoms with Crippen LogP contribution < -0.4 is 4.72 Å². The molecule has 24 heavy (non-hydrogen) atoms. The normalized spacial score (nSPS) is 12.2. The third-order valence-corrected chi connectivity index (χ3v) is 5.26. The lowest BCUT2D eigenvalue weighted by atomic mass is 10.3. The van der Waals surface area contributed by atoms with Gasteiger partial charge in [-0.25, -0.2) is 23.1 Å². The van der Waals surface area contributed by atoms with Crippen LogP contribution in [0.5, 0.6) is 0 Å². The van der Waals surface area contributed by atoms with Gasteiger partial charge in [-0.3, -0.25) is 0 Å². The molecule has 0 amide bonds. The van der Waals surface area contributed by atoms with E-state index in [1.54, 1.807) is 30.3 Å². The van der Waals surface area contributed by atoms with Crippen LogP contribution in [0.3, 0.4) is 0 Å². The predicted octanol–water partition coefficient (Wildman–Crippen LogP) is 2.57. The van der Waals surface area contributed by atoms with Gasteiger partial charge in [0.2, 0.25) is 10.0 Å². The van der Waals surface area contributed by atoms with Gasteiger partial charge in [-0.15, -0.1) is 0 Å². The Labute approximate surface area is 142 Å². The maximum absolute atomic E-state index is 12.4. The van der Waals surface area contributed by atoms with Crippen LogP contribution in [0.2, 0.25) is 5.02 Å². The van der Waals surface area contributed by atoms with Gasteiger partial charge in [0, 0.05) is 5.02 Å². The van der Waals surface area contributed by atoms with Crippen molar-refractivity contribution in [2.75, 3.05) is 0 Å². The van der Waals surface area contributed by atoms with Crippen LogP contribution in [0.4, 0.5) is 0 Å². The Kier molecular flexibility index (Phi) is 3.52. The third-order valence-electron chi connectivity index (χ3n) is 3.62. The highest BCUT2D eigenvalue weighted by Crippen LogP contribution is 2.18. The molecule has 0 saturated carbocycles. The van der Waals surface area contributed by atoms with Gasteiger partial charge in [0.15, 0.2) is 0 Å². The van der Waals surface area contributed by atoms with E-state index in [2.05, 4.69) is 24.7 Å². The molecule has 9 heteroatoms. The number of halogens is 1. The molecule has 2 aromatic carbocycles. The van der Waals surface area contributed by atoms with Gasteiger partial charge in [0.25, 0.3) is 0 Å². The van der Waals surface area contributed by atoms with Crippen molar-refractivity contribution in [2.45, 2.75) is 11.4 Å². The van der Waals surface area contributed by atoms with Crippen LogP contribution in [0.25, 0.3) is 22.1 Å². The summed E-state index contributed by atoms with van der Waals surface area (Å²) in [4.78, 5) is 14.5. The maximum atomic E-state index is 12.4. The molecule has 122 valence electrons. The van der Waals surface area contributed by atoms with Gasteiger partial charge >= 0.3 is 0 Å². The summed E-state index contributed by atoms with van der Waals surface area (Å²) in [6.45, 7) is 0.0512. The zero-order valence-electron chi connectivity index (χ0n) is 12.2. The molecule has 4 rings (SSSR count). The molecule has 0 bridgehead atoms. The van der Waals surface area contributed by atoms with Crippen molar-refractivity contribution in [3.63, 3.8) is 0 Å². The highest BCUT2D eigenvalue weighted by Gasteiger charge is 2.16. The summed E-state index contributed by atoms with van der Waals surface area (Å²) in [6.07, 6.45) is 1.52. The number of aromatic amines is 2. The number of nitrogens with zero attached hydrogens (tertiary/aromatic N) is 2. The van der Waals surface area contributed by atoms with E-state index in [0.717, 1.165) is 11.0 Å². The first-order valence-corrected chi connectivity index (χ1v) is 8.94. The second-order valence-corrected chi connectivity index (χ2v) is 7.45. The Balaban J connectivity index is 1.58. The summed E-state index contributed by atoms with van der Waals surface area (Å²) in [5, 5.41) is 0.589. The van der Waals surface area contributed by atoms with Crippen LogP contribution in [-0.4, -0.2) is 28.4 Å². The summed E-state index contributed by atoms with van der Waals surface area (Å²) in [5.41, 5.74) is 2.86. The van der Waals surface area contributed by atoms with Crippen molar-refractivity contribution < 1.29 is 8.42 Å². The zero-order valence-corrected chi connectivity index (χ0v) is 13.8. The van der Waals surface area contributed by atoms with Crippen molar-refractivity contribution in [1.29, 1.82) is 0 Å². The van der Waals surface area contributed by atoms with Crippen molar-refractivity contribution >= 4 is 43.7 Å². The first-order chi connectivity index (χ1) is 11.5. The van der Waals surface area contributed by atoms with Gasteiger partial charge in [-0.1, -0.05) is 11.6 Å². The SMILES string of the molecule is O=S(=O)(NCc1nc2ccc(Cl)cc2[nH]1)c1ccc2nc[nH]c2c1. The number of aromatic nitrogens is 4. The number of imidazole rings is 2. The molecule has 2 aromatic heterocycles. The van der Waals surface area contributed by atoms with E-state index < -0.39 is 10.0 Å². The van der Waals surface area contributed by atoms with E-state index in [4.69, 9.17) is 11.6 Å². The Morgan fingerprint density at radius 1 is 1.08 bits per heavy atom. The van der Waals surface area contributed by atoms with Crippen molar-refractivity contribution in [3.8, 4) is 0 Å². The second kappa shape index (κ2) is 5.59. The first-order valence-electron chi connectivity index (χ1n) is 7.08. The molecule has 0 fully saturated rings. The van der Waals surface area contributed by atoms with Crippen molar-refractivity contribution in [2.24, 2.45) is 0 Å². The quantitative estimate of drug-likeness (QED) is 0.519. The van der Waals surface area contributed by atoms with Crippen LogP contribution >= 0.6 is 11.6 Å². The minimum atomic E-state index is -3.66. The molecule has 0 aliphatic rings. The largest absolute Gasteiger partial charge is 0.345 e. The van der Waals surface area contributed by atoms with Gasteiger partial charge in [-0.05, 0) is 36.4 Å². The van der Waals surface area contributed by atoms with Crippen LogP contribution in [0, 0.1) is 0 Å². The number of benzene rings is 2. The Bertz CT molecular complexity index is 1150. The van der Waals surface area contributed by atoms with Crippen LogP contribution in [-0.2, 0) is 16.6 Å². The molecular weight excluding hydrogens is 350 g/mol. The fraction of sp³-hybridized carbons (Fsp3) is 0.0667. The lowest BCUT2D eigenvalue weighted by molar-refractivity contribution is 0.580. The monoisotopic (exact) mass is 361 g/mol. The number of hydrogen-bond acceptors (Lipinski definition) is 4. The second-order valence-electron chi connectivity index (χ2n) is 5.25.